The summed E-state index contributed by atoms with van der Waals surface area (Å²) >= 11 is 1.46. The van der Waals surface area contributed by atoms with E-state index in [1.807, 2.05) is 28.5 Å². The molecule has 2 N–H and O–H groups in total. The quantitative estimate of drug-likeness (QED) is 0.771. The van der Waals surface area contributed by atoms with Crippen LogP contribution in [0.3, 0.4) is 0 Å². The Hall–Kier alpha value is -2.80. The van der Waals surface area contributed by atoms with E-state index < -0.39 is 0 Å². The number of nitrogens with two attached hydrogens (primary N) is 1. The van der Waals surface area contributed by atoms with Gasteiger partial charge in [-0.3, -0.25) is 4.79 Å². The number of piperidine rings is 1. The Bertz CT molecular complexity index is 889. The minimum Gasteiger partial charge on any atom is -0.375 e. The van der Waals surface area contributed by atoms with Crippen LogP contribution in [0, 0.1) is 0 Å². The molecule has 7 heteroatoms. The molecule has 2 aromatic heterocycles. The third-order valence-corrected chi connectivity index (χ3v) is 5.71. The van der Waals surface area contributed by atoms with Crippen molar-refractivity contribution in [2.75, 3.05) is 18.8 Å². The number of benzene rings is 1. The first-order chi connectivity index (χ1) is 12.7. The number of likely N-dealkylation sites (tertiary alicyclic amines) is 1. The van der Waals surface area contributed by atoms with Crippen molar-refractivity contribution in [3.05, 3.63) is 71.0 Å². The maximum absolute atomic E-state index is 12.7. The van der Waals surface area contributed by atoms with Crippen LogP contribution in [-0.4, -0.2) is 39.1 Å². The van der Waals surface area contributed by atoms with Gasteiger partial charge in [0.2, 0.25) is 0 Å². The summed E-state index contributed by atoms with van der Waals surface area (Å²) < 4.78 is 0. The van der Waals surface area contributed by atoms with Crippen molar-refractivity contribution in [1.82, 2.24) is 20.1 Å². The molecule has 6 nitrogen and oxygen atoms in total. The van der Waals surface area contributed by atoms with Crippen LogP contribution in [0.4, 0.5) is 5.13 Å². The van der Waals surface area contributed by atoms with Crippen LogP contribution >= 0.6 is 11.3 Å². The van der Waals surface area contributed by atoms with Crippen LogP contribution in [0.5, 0.6) is 0 Å². The maximum Gasteiger partial charge on any atom is 0.274 e. The first-order valence-electron chi connectivity index (χ1n) is 8.53. The first-order valence-corrected chi connectivity index (χ1v) is 9.41. The van der Waals surface area contributed by atoms with Gasteiger partial charge in [0.05, 0.1) is 5.69 Å². The molecule has 0 spiro atoms. The summed E-state index contributed by atoms with van der Waals surface area (Å²) in [6, 6.07) is 13.8. The van der Waals surface area contributed by atoms with Crippen molar-refractivity contribution in [2.45, 2.75) is 18.3 Å². The van der Waals surface area contributed by atoms with E-state index in [2.05, 4.69) is 27.3 Å². The van der Waals surface area contributed by atoms with Crippen molar-refractivity contribution in [3.8, 4) is 0 Å². The summed E-state index contributed by atoms with van der Waals surface area (Å²) in [5, 5.41) is 10.4. The van der Waals surface area contributed by atoms with E-state index in [9.17, 15) is 4.79 Å². The van der Waals surface area contributed by atoms with E-state index in [4.69, 9.17) is 5.73 Å². The van der Waals surface area contributed by atoms with Gasteiger partial charge < -0.3 is 10.6 Å². The number of anilines is 1. The topological polar surface area (TPSA) is 85.0 Å². The maximum atomic E-state index is 12.7. The number of nitrogens with zero attached hydrogens (tertiary/aromatic N) is 4. The average molecular weight is 365 g/mol. The van der Waals surface area contributed by atoms with Gasteiger partial charge in [0.1, 0.15) is 0 Å². The zero-order valence-electron chi connectivity index (χ0n) is 14.2. The molecule has 1 aliphatic rings. The number of thiazole rings is 1. The summed E-state index contributed by atoms with van der Waals surface area (Å²) in [7, 11) is 0. The fourth-order valence-electron chi connectivity index (χ4n) is 3.63. The van der Waals surface area contributed by atoms with Gasteiger partial charge in [-0.2, -0.15) is 5.10 Å². The Morgan fingerprint density at radius 1 is 1.12 bits per heavy atom. The third kappa shape index (κ3) is 2.94. The van der Waals surface area contributed by atoms with Gasteiger partial charge in [-0.1, -0.05) is 30.3 Å². The monoisotopic (exact) mass is 365 g/mol. The van der Waals surface area contributed by atoms with Gasteiger partial charge in [0.25, 0.3) is 5.91 Å². The smallest absolute Gasteiger partial charge is 0.274 e. The molecular weight excluding hydrogens is 346 g/mol. The van der Waals surface area contributed by atoms with Crippen LogP contribution < -0.4 is 5.73 Å². The average Bonchev–Trinajstić information content (AvgIpc) is 3.16. The molecule has 3 heterocycles. The van der Waals surface area contributed by atoms with E-state index >= 15 is 0 Å². The van der Waals surface area contributed by atoms with Crippen LogP contribution in [-0.2, 0) is 5.41 Å². The summed E-state index contributed by atoms with van der Waals surface area (Å²) in [5.74, 6) is -0.0717. The summed E-state index contributed by atoms with van der Waals surface area (Å²) in [6.45, 7) is 1.28. The number of carbonyl (C=O) groups excluding carboxylic acids is 1. The molecule has 1 fully saturated rings. The van der Waals surface area contributed by atoms with Crippen molar-refractivity contribution in [2.24, 2.45) is 0 Å². The molecule has 1 aromatic carbocycles. The number of amides is 1. The fraction of sp³-hybridized carbons (Fsp3) is 0.263. The molecule has 1 aliphatic heterocycles. The molecular formula is C19H19N5OS. The summed E-state index contributed by atoms with van der Waals surface area (Å²) in [5.41, 5.74) is 8.29. The molecule has 0 aliphatic carbocycles. The highest BCUT2D eigenvalue weighted by atomic mass is 32.1. The Labute approximate surface area is 155 Å². The molecule has 4 rings (SSSR count). The molecule has 1 amide bonds. The van der Waals surface area contributed by atoms with Crippen molar-refractivity contribution in [1.29, 1.82) is 0 Å². The third-order valence-electron chi connectivity index (χ3n) is 5.03. The van der Waals surface area contributed by atoms with Crippen molar-refractivity contribution < 1.29 is 4.79 Å². The Morgan fingerprint density at radius 2 is 1.88 bits per heavy atom. The molecule has 26 heavy (non-hydrogen) atoms. The Kier molecular flexibility index (Phi) is 4.38. The minimum absolute atomic E-state index is 0.0717. The molecule has 3 aromatic rings. The standard InChI is InChI=1S/C19H19N5OS/c20-18-22-16(13-26-18)19(14-5-2-1-3-6-14)8-11-24(12-9-19)17(25)15-7-4-10-21-23-15/h1-7,10,13H,8-9,11-12H2,(H2,20,22). The van der Waals surface area contributed by atoms with Gasteiger partial charge in [-0.25, -0.2) is 4.98 Å². The largest absolute Gasteiger partial charge is 0.375 e. The van der Waals surface area contributed by atoms with Crippen LogP contribution in [0.2, 0.25) is 0 Å². The number of aromatic nitrogens is 3. The Balaban J connectivity index is 1.62. The van der Waals surface area contributed by atoms with Crippen LogP contribution in [0.15, 0.2) is 54.0 Å². The van der Waals surface area contributed by atoms with E-state index in [1.54, 1.807) is 18.3 Å². The highest BCUT2D eigenvalue weighted by Gasteiger charge is 2.41. The molecule has 0 radical (unpaired) electrons. The zero-order valence-corrected chi connectivity index (χ0v) is 15.0. The lowest BCUT2D eigenvalue weighted by molar-refractivity contribution is 0.0677. The number of hydrogen-bond donors (Lipinski definition) is 1. The van der Waals surface area contributed by atoms with Gasteiger partial charge in [0.15, 0.2) is 10.8 Å². The summed E-state index contributed by atoms with van der Waals surface area (Å²) in [6.07, 6.45) is 3.17. The number of hydrogen-bond acceptors (Lipinski definition) is 6. The molecule has 0 bridgehead atoms. The molecule has 0 saturated carbocycles. The van der Waals surface area contributed by atoms with E-state index in [1.165, 1.54) is 16.9 Å². The highest BCUT2D eigenvalue weighted by Crippen LogP contribution is 2.42. The van der Waals surface area contributed by atoms with Crippen LogP contribution in [0.1, 0.15) is 34.6 Å². The zero-order chi connectivity index (χ0) is 18.0. The lowest BCUT2D eigenvalue weighted by Gasteiger charge is -2.41. The predicted octanol–water partition coefficient (Wildman–Crippen LogP) is 2.74. The second kappa shape index (κ2) is 6.84. The predicted molar refractivity (Wildman–Crippen MR) is 101 cm³/mol. The first kappa shape index (κ1) is 16.7. The lowest BCUT2D eigenvalue weighted by atomic mass is 9.70. The van der Waals surface area contributed by atoms with E-state index in [0.717, 1.165) is 18.5 Å². The van der Waals surface area contributed by atoms with E-state index in [-0.39, 0.29) is 11.3 Å². The molecule has 1 saturated heterocycles. The molecule has 132 valence electrons. The molecule has 0 unspecified atom stereocenters. The second-order valence-electron chi connectivity index (χ2n) is 6.42. The lowest BCUT2D eigenvalue weighted by Crippen LogP contribution is -2.46. The molecule has 0 atom stereocenters. The fourth-order valence-corrected chi connectivity index (χ4v) is 4.29. The minimum atomic E-state index is -0.214. The highest BCUT2D eigenvalue weighted by molar-refractivity contribution is 7.13. The van der Waals surface area contributed by atoms with Gasteiger partial charge in [-0.05, 0) is 30.5 Å². The van der Waals surface area contributed by atoms with E-state index in [0.29, 0.717) is 23.9 Å². The van der Waals surface area contributed by atoms with Crippen molar-refractivity contribution in [3.63, 3.8) is 0 Å². The number of carbonyl (C=O) groups is 1. The van der Waals surface area contributed by atoms with Gasteiger partial charge in [-0.15, -0.1) is 16.4 Å². The Morgan fingerprint density at radius 3 is 2.50 bits per heavy atom. The van der Waals surface area contributed by atoms with Gasteiger partial charge in [0, 0.05) is 30.1 Å². The SMILES string of the molecule is Nc1nc(C2(c3ccccc3)CCN(C(=O)c3cccnn3)CC2)cs1. The normalized spacial score (nSPS) is 16.4. The van der Waals surface area contributed by atoms with Crippen LogP contribution in [0.25, 0.3) is 0 Å². The summed E-state index contributed by atoms with van der Waals surface area (Å²) in [4.78, 5) is 19.1. The second-order valence-corrected chi connectivity index (χ2v) is 7.31. The number of rotatable bonds is 3. The van der Waals surface area contributed by atoms with Crippen molar-refractivity contribution >= 4 is 22.4 Å². The van der Waals surface area contributed by atoms with Gasteiger partial charge >= 0.3 is 0 Å². The number of nitrogen functional groups attached to an aromatic ring is 1.